The molecule has 0 saturated carbocycles. The summed E-state index contributed by atoms with van der Waals surface area (Å²) >= 11 is 4.56. The van der Waals surface area contributed by atoms with Gasteiger partial charge in [0.1, 0.15) is 0 Å². The lowest BCUT2D eigenvalue weighted by molar-refractivity contribution is -0.655. The van der Waals surface area contributed by atoms with E-state index in [1.54, 1.807) is 14.1 Å². The van der Waals surface area contributed by atoms with E-state index in [4.69, 9.17) is 0 Å². The molecule has 0 fully saturated rings. The Kier molecular flexibility index (Phi) is 1.61. The van der Waals surface area contributed by atoms with E-state index in [2.05, 4.69) is 12.8 Å². The van der Waals surface area contributed by atoms with Crippen LogP contribution in [0.5, 0.6) is 0 Å². The predicted molar refractivity (Wildman–Crippen MR) is 25.5 cm³/mol. The summed E-state index contributed by atoms with van der Waals surface area (Å²) in [6.07, 6.45) is 0.690. The third kappa shape index (κ3) is 3.98. The predicted octanol–water partition coefficient (Wildman–Crippen LogP) is -0.319. The molecule has 36 valence electrons. The molecule has 0 atom stereocenters. The SMILES string of the molecule is C[N+](C)([S-])C=O. The third-order valence-electron chi connectivity index (χ3n) is 0.254. The zero-order chi connectivity index (χ0) is 5.21. The molecular weight excluding hydrogens is 98.1 g/mol. The second-order valence-electron chi connectivity index (χ2n) is 1.54. The number of rotatable bonds is 1. The number of hydrogen-bond acceptors (Lipinski definition) is 2. The summed E-state index contributed by atoms with van der Waals surface area (Å²) in [4.78, 5) is 9.69. The summed E-state index contributed by atoms with van der Waals surface area (Å²) in [6.45, 7) is 0. The third-order valence-corrected chi connectivity index (χ3v) is 0.340. The van der Waals surface area contributed by atoms with Crippen LogP contribution in [0.3, 0.4) is 0 Å². The van der Waals surface area contributed by atoms with E-state index >= 15 is 0 Å². The number of hydrogen-bond donors (Lipinski definition) is 0. The number of nitrogens with zero attached hydrogens (tertiary/aromatic N) is 1. The van der Waals surface area contributed by atoms with Gasteiger partial charge in [0.05, 0.1) is 14.1 Å². The highest BCUT2D eigenvalue weighted by atomic mass is 32.1. The van der Waals surface area contributed by atoms with Crippen LogP contribution < -0.4 is 0 Å². The van der Waals surface area contributed by atoms with Crippen molar-refractivity contribution in [3.8, 4) is 0 Å². The Morgan fingerprint density at radius 3 is 1.83 bits per heavy atom. The van der Waals surface area contributed by atoms with Gasteiger partial charge in [0, 0.05) is 0 Å². The molecule has 0 aromatic carbocycles. The number of quaternary nitrogens is 1. The van der Waals surface area contributed by atoms with Crippen molar-refractivity contribution < 1.29 is 8.68 Å². The minimum absolute atomic E-state index is 0.0278. The standard InChI is InChI=1S/C3H7NOS/c1-4(2,6)3-5/h3H,1-2H3. The quantitative estimate of drug-likeness (QED) is 0.258. The first-order valence-corrected chi connectivity index (χ1v) is 1.94. The minimum Gasteiger partial charge on any atom is -0.486 e. The van der Waals surface area contributed by atoms with Crippen molar-refractivity contribution in [2.45, 2.75) is 0 Å². The van der Waals surface area contributed by atoms with E-state index in [-0.39, 0.29) is 3.89 Å². The highest BCUT2D eigenvalue weighted by Crippen LogP contribution is 1.78. The second-order valence-corrected chi connectivity index (χ2v) is 2.48. The van der Waals surface area contributed by atoms with Crippen LogP contribution in [0, 0.1) is 0 Å². The first-order valence-electron chi connectivity index (χ1n) is 1.57. The van der Waals surface area contributed by atoms with Crippen LogP contribution in [0.15, 0.2) is 0 Å². The topological polar surface area (TPSA) is 17.1 Å². The molecule has 0 aliphatic carbocycles. The van der Waals surface area contributed by atoms with Crippen molar-refractivity contribution in [1.82, 2.24) is 0 Å². The van der Waals surface area contributed by atoms with E-state index in [1.165, 1.54) is 0 Å². The molecule has 0 aliphatic heterocycles. The van der Waals surface area contributed by atoms with E-state index in [9.17, 15) is 4.79 Å². The summed E-state index contributed by atoms with van der Waals surface area (Å²) in [5, 5.41) is 0. The Morgan fingerprint density at radius 1 is 1.67 bits per heavy atom. The van der Waals surface area contributed by atoms with Gasteiger partial charge in [0.15, 0.2) is 0 Å². The fourth-order valence-corrected chi connectivity index (χ4v) is 0. The van der Waals surface area contributed by atoms with Crippen LogP contribution in [0.1, 0.15) is 0 Å². The largest absolute Gasteiger partial charge is 0.486 e. The van der Waals surface area contributed by atoms with Crippen LogP contribution in [0.2, 0.25) is 0 Å². The van der Waals surface area contributed by atoms with E-state index in [0.29, 0.717) is 6.41 Å². The molecule has 0 bridgehead atoms. The highest BCUT2D eigenvalue weighted by molar-refractivity contribution is 7.52. The number of carbonyl (C=O) groups excluding carboxylic acids is 1. The maximum atomic E-state index is 9.69. The van der Waals surface area contributed by atoms with Gasteiger partial charge in [-0.3, -0.25) is 0 Å². The summed E-state index contributed by atoms with van der Waals surface area (Å²) < 4.78 is -0.0278. The van der Waals surface area contributed by atoms with Gasteiger partial charge in [0.2, 0.25) is 0 Å². The Hall–Kier alpha value is -0.0200. The molecule has 6 heavy (non-hydrogen) atoms. The Morgan fingerprint density at radius 2 is 1.83 bits per heavy atom. The molecule has 0 N–H and O–H groups in total. The van der Waals surface area contributed by atoms with Crippen LogP contribution >= 0.6 is 0 Å². The maximum Gasteiger partial charge on any atom is 0.283 e. The van der Waals surface area contributed by atoms with E-state index in [1.807, 2.05) is 0 Å². The van der Waals surface area contributed by atoms with E-state index in [0.717, 1.165) is 0 Å². The maximum absolute atomic E-state index is 9.69. The zero-order valence-corrected chi connectivity index (χ0v) is 4.66. The molecule has 1 amide bonds. The number of carbonyl (C=O) groups is 1. The lowest BCUT2D eigenvalue weighted by atomic mass is 11.0. The number of amides is 1. The van der Waals surface area contributed by atoms with Gasteiger partial charge in [-0.1, -0.05) is 0 Å². The monoisotopic (exact) mass is 105 g/mol. The molecule has 2 nitrogen and oxygen atoms in total. The summed E-state index contributed by atoms with van der Waals surface area (Å²) in [5.41, 5.74) is 0. The minimum atomic E-state index is -0.0278. The molecule has 0 rings (SSSR count). The first-order chi connectivity index (χ1) is 2.56. The molecule has 0 aromatic heterocycles. The average Bonchev–Trinajstić information content (AvgIpc) is 1.35. The normalized spacial score (nSPS) is 11.2. The molecule has 0 aliphatic rings. The molecule has 0 unspecified atom stereocenters. The van der Waals surface area contributed by atoms with Gasteiger partial charge in [0.25, 0.3) is 6.41 Å². The van der Waals surface area contributed by atoms with Crippen LogP contribution in [0.4, 0.5) is 0 Å². The Labute approximate surface area is 42.9 Å². The Balaban J connectivity index is 3.45. The van der Waals surface area contributed by atoms with E-state index < -0.39 is 0 Å². The van der Waals surface area contributed by atoms with Crippen molar-refractivity contribution in [2.75, 3.05) is 14.1 Å². The van der Waals surface area contributed by atoms with Crippen LogP contribution in [-0.4, -0.2) is 24.4 Å². The van der Waals surface area contributed by atoms with Crippen molar-refractivity contribution in [1.29, 1.82) is 0 Å². The van der Waals surface area contributed by atoms with Crippen molar-refractivity contribution in [2.24, 2.45) is 0 Å². The van der Waals surface area contributed by atoms with Crippen LogP contribution in [0.25, 0.3) is 0 Å². The Bertz CT molecular complexity index is 56.3. The molecule has 3 heteroatoms. The first kappa shape index (κ1) is 5.98. The van der Waals surface area contributed by atoms with Gasteiger partial charge >= 0.3 is 0 Å². The van der Waals surface area contributed by atoms with Gasteiger partial charge in [-0.2, -0.15) is 0 Å². The van der Waals surface area contributed by atoms with Gasteiger partial charge in [-0.25, -0.2) is 4.79 Å². The average molecular weight is 105 g/mol. The van der Waals surface area contributed by atoms with Gasteiger partial charge < -0.3 is 16.7 Å². The lowest BCUT2D eigenvalue weighted by Gasteiger charge is -2.25. The molecular formula is C3H7NOS. The fourth-order valence-electron chi connectivity index (χ4n) is 0. The second kappa shape index (κ2) is 1.62. The smallest absolute Gasteiger partial charge is 0.283 e. The zero-order valence-electron chi connectivity index (χ0n) is 3.84. The molecule has 0 heterocycles. The fraction of sp³-hybridized carbons (Fsp3) is 0.667. The summed E-state index contributed by atoms with van der Waals surface area (Å²) in [7, 11) is 3.25. The van der Waals surface area contributed by atoms with Crippen LogP contribution in [-0.2, 0) is 17.6 Å². The summed E-state index contributed by atoms with van der Waals surface area (Å²) in [6, 6.07) is 0. The van der Waals surface area contributed by atoms with Crippen molar-refractivity contribution in [3.05, 3.63) is 0 Å². The van der Waals surface area contributed by atoms with Crippen molar-refractivity contribution in [3.63, 3.8) is 0 Å². The lowest BCUT2D eigenvalue weighted by Crippen LogP contribution is -2.29. The highest BCUT2D eigenvalue weighted by Gasteiger charge is 1.88. The van der Waals surface area contributed by atoms with Gasteiger partial charge in [-0.15, -0.1) is 0 Å². The van der Waals surface area contributed by atoms with Gasteiger partial charge in [-0.05, 0) is 0 Å². The molecule has 0 saturated heterocycles. The summed E-state index contributed by atoms with van der Waals surface area (Å²) in [5.74, 6) is 0. The molecule has 0 radical (unpaired) electrons. The molecule has 0 aromatic rings. The van der Waals surface area contributed by atoms with Crippen molar-refractivity contribution >= 4 is 19.2 Å². The molecule has 0 spiro atoms.